The van der Waals surface area contributed by atoms with Crippen molar-refractivity contribution >= 4 is 28.3 Å². The third-order valence-corrected chi connectivity index (χ3v) is 6.28. The maximum Gasteiger partial charge on any atom is 0.225 e. The maximum atomic E-state index is 13.3. The number of para-hydroxylation sites is 2. The minimum absolute atomic E-state index is 0.0330. The van der Waals surface area contributed by atoms with Gasteiger partial charge in [0, 0.05) is 18.9 Å². The van der Waals surface area contributed by atoms with Gasteiger partial charge in [-0.15, -0.1) is 0 Å². The van der Waals surface area contributed by atoms with Gasteiger partial charge >= 0.3 is 0 Å². The molecule has 5 nitrogen and oxygen atoms in total. The fourth-order valence-corrected chi connectivity index (χ4v) is 4.89. The number of thiophene rings is 1. The third kappa shape index (κ3) is 3.14. The predicted octanol–water partition coefficient (Wildman–Crippen LogP) is 4.77. The monoisotopic (exact) mass is 390 g/mol. The lowest BCUT2D eigenvalue weighted by Gasteiger charge is -2.26. The zero-order chi connectivity index (χ0) is 18.9. The fourth-order valence-electron chi connectivity index (χ4n) is 4.18. The van der Waals surface area contributed by atoms with Crippen LogP contribution < -0.4 is 0 Å². The van der Waals surface area contributed by atoms with Crippen molar-refractivity contribution in [3.05, 3.63) is 77.0 Å². The van der Waals surface area contributed by atoms with Crippen LogP contribution >= 0.6 is 11.3 Å². The van der Waals surface area contributed by atoms with Gasteiger partial charge < -0.3 is 14.5 Å². The Morgan fingerprint density at radius 3 is 2.86 bits per heavy atom. The minimum Gasteiger partial charge on any atom is -0.346 e. The van der Waals surface area contributed by atoms with Crippen molar-refractivity contribution in [1.29, 1.82) is 0 Å². The van der Waals surface area contributed by atoms with Crippen LogP contribution in [0, 0.1) is 0 Å². The van der Waals surface area contributed by atoms with Crippen LogP contribution in [0.25, 0.3) is 11.0 Å². The SMILES string of the molecule is O=C(CC(c1ccsc1)n1cccc1)N1CCC[C@H]1c1nc2ccccc2[nH]1. The number of hydrogen-bond donors (Lipinski definition) is 1. The summed E-state index contributed by atoms with van der Waals surface area (Å²) in [5.41, 5.74) is 3.18. The van der Waals surface area contributed by atoms with E-state index in [2.05, 4.69) is 26.4 Å². The molecule has 1 unspecified atom stereocenters. The summed E-state index contributed by atoms with van der Waals surface area (Å²) >= 11 is 1.67. The molecule has 1 fully saturated rings. The van der Waals surface area contributed by atoms with Gasteiger partial charge in [0.25, 0.3) is 0 Å². The van der Waals surface area contributed by atoms with E-state index in [9.17, 15) is 4.79 Å². The molecule has 28 heavy (non-hydrogen) atoms. The number of nitrogens with zero attached hydrogens (tertiary/aromatic N) is 3. The highest BCUT2D eigenvalue weighted by atomic mass is 32.1. The first kappa shape index (κ1) is 17.3. The summed E-state index contributed by atoms with van der Waals surface area (Å²) in [6.07, 6.45) is 6.51. The van der Waals surface area contributed by atoms with Gasteiger partial charge in [-0.25, -0.2) is 4.98 Å². The average Bonchev–Trinajstić information content (AvgIpc) is 3.51. The van der Waals surface area contributed by atoms with Crippen LogP contribution in [-0.4, -0.2) is 31.9 Å². The van der Waals surface area contributed by atoms with Crippen molar-refractivity contribution in [2.45, 2.75) is 31.3 Å². The number of aromatic nitrogens is 3. The summed E-state index contributed by atoms with van der Waals surface area (Å²) in [7, 11) is 0. The van der Waals surface area contributed by atoms with Crippen molar-refractivity contribution in [1.82, 2.24) is 19.4 Å². The first-order chi connectivity index (χ1) is 13.8. The number of hydrogen-bond acceptors (Lipinski definition) is 3. The average molecular weight is 391 g/mol. The number of aromatic amines is 1. The number of fused-ring (bicyclic) bond motifs is 1. The summed E-state index contributed by atoms with van der Waals surface area (Å²) < 4.78 is 2.13. The number of likely N-dealkylation sites (tertiary alicyclic amines) is 1. The zero-order valence-electron chi connectivity index (χ0n) is 15.5. The summed E-state index contributed by atoms with van der Waals surface area (Å²) in [4.78, 5) is 23.5. The minimum atomic E-state index is 0.0330. The number of rotatable bonds is 5. The van der Waals surface area contributed by atoms with Gasteiger partial charge in [0.2, 0.25) is 5.91 Å². The molecule has 3 aromatic heterocycles. The largest absolute Gasteiger partial charge is 0.346 e. The Hall–Kier alpha value is -2.86. The Kier molecular flexibility index (Phi) is 4.49. The molecule has 4 aromatic rings. The van der Waals surface area contributed by atoms with Gasteiger partial charge in [0.1, 0.15) is 5.82 Å². The van der Waals surface area contributed by atoms with Gasteiger partial charge in [-0.3, -0.25) is 4.79 Å². The van der Waals surface area contributed by atoms with E-state index in [1.54, 1.807) is 11.3 Å². The molecule has 2 atom stereocenters. The van der Waals surface area contributed by atoms with Crippen LogP contribution in [0.3, 0.4) is 0 Å². The van der Waals surface area contributed by atoms with Crippen LogP contribution in [0.15, 0.2) is 65.6 Å². The number of carbonyl (C=O) groups excluding carboxylic acids is 1. The first-order valence-electron chi connectivity index (χ1n) is 9.68. The van der Waals surface area contributed by atoms with E-state index in [1.165, 1.54) is 5.56 Å². The molecule has 0 spiro atoms. The highest BCUT2D eigenvalue weighted by molar-refractivity contribution is 7.08. The van der Waals surface area contributed by atoms with Crippen LogP contribution in [0.1, 0.15) is 42.7 Å². The molecule has 1 aliphatic heterocycles. The van der Waals surface area contributed by atoms with E-state index in [-0.39, 0.29) is 18.0 Å². The highest BCUT2D eigenvalue weighted by Crippen LogP contribution is 2.34. The van der Waals surface area contributed by atoms with Gasteiger partial charge in [-0.05, 0) is 59.5 Å². The molecule has 6 heteroatoms. The fraction of sp³-hybridized carbons (Fsp3) is 0.273. The van der Waals surface area contributed by atoms with Crippen molar-refractivity contribution in [3.8, 4) is 0 Å². The van der Waals surface area contributed by atoms with Gasteiger partial charge in [-0.2, -0.15) is 11.3 Å². The quantitative estimate of drug-likeness (QED) is 0.534. The van der Waals surface area contributed by atoms with Crippen molar-refractivity contribution in [2.24, 2.45) is 0 Å². The third-order valence-electron chi connectivity index (χ3n) is 5.58. The van der Waals surface area contributed by atoms with Gasteiger partial charge in [0.05, 0.1) is 29.5 Å². The summed E-state index contributed by atoms with van der Waals surface area (Å²) in [6, 6.07) is 14.2. The van der Waals surface area contributed by atoms with Crippen LogP contribution in [0.5, 0.6) is 0 Å². The number of benzene rings is 1. The normalized spacial score (nSPS) is 18.0. The molecule has 0 aliphatic carbocycles. The molecule has 1 N–H and O–H groups in total. The van der Waals surface area contributed by atoms with Crippen molar-refractivity contribution in [2.75, 3.05) is 6.54 Å². The topological polar surface area (TPSA) is 53.9 Å². The van der Waals surface area contributed by atoms with Crippen molar-refractivity contribution < 1.29 is 4.79 Å². The molecule has 1 saturated heterocycles. The molecular formula is C22H22N4OS. The molecular weight excluding hydrogens is 368 g/mol. The van der Waals surface area contributed by atoms with E-state index in [0.29, 0.717) is 6.42 Å². The van der Waals surface area contributed by atoms with Crippen molar-refractivity contribution in [3.63, 3.8) is 0 Å². The molecule has 4 heterocycles. The lowest BCUT2D eigenvalue weighted by molar-refractivity contribution is -0.132. The lowest BCUT2D eigenvalue weighted by atomic mass is 10.1. The number of carbonyl (C=O) groups is 1. The molecule has 0 saturated carbocycles. The van der Waals surface area contributed by atoms with Gasteiger partial charge in [-0.1, -0.05) is 12.1 Å². The number of H-pyrrole nitrogens is 1. The number of amides is 1. The molecule has 5 rings (SSSR count). The standard InChI is InChI=1S/C22H22N4OS/c27-21(14-20(16-9-13-28-15-16)25-10-3-4-11-25)26-12-5-8-19(26)22-23-17-6-1-2-7-18(17)24-22/h1-4,6-7,9-11,13,15,19-20H,5,8,12,14H2,(H,23,24)/t19-,20?/m0/s1. The number of imidazole rings is 1. The Morgan fingerprint density at radius 1 is 1.21 bits per heavy atom. The summed E-state index contributed by atoms with van der Waals surface area (Å²) in [6.45, 7) is 0.794. The molecule has 1 aromatic carbocycles. The Morgan fingerprint density at radius 2 is 2.07 bits per heavy atom. The van der Waals surface area contributed by atoms with Crippen LogP contribution in [-0.2, 0) is 4.79 Å². The molecule has 142 valence electrons. The zero-order valence-corrected chi connectivity index (χ0v) is 16.3. The lowest BCUT2D eigenvalue weighted by Crippen LogP contribution is -2.33. The highest BCUT2D eigenvalue weighted by Gasteiger charge is 2.33. The van der Waals surface area contributed by atoms with Gasteiger partial charge in [0.15, 0.2) is 0 Å². The van der Waals surface area contributed by atoms with E-state index in [0.717, 1.165) is 36.2 Å². The molecule has 1 aliphatic rings. The summed E-state index contributed by atoms with van der Waals surface area (Å²) in [5, 5.41) is 4.21. The molecule has 1 amide bonds. The van der Waals surface area contributed by atoms with Crippen LogP contribution in [0.2, 0.25) is 0 Å². The summed E-state index contributed by atoms with van der Waals surface area (Å²) in [5.74, 6) is 1.09. The second kappa shape index (κ2) is 7.28. The number of nitrogens with one attached hydrogen (secondary N) is 1. The Bertz CT molecular complexity index is 1000. The predicted molar refractivity (Wildman–Crippen MR) is 111 cm³/mol. The van der Waals surface area contributed by atoms with Crippen LogP contribution in [0.4, 0.5) is 0 Å². The molecule has 0 radical (unpaired) electrons. The Labute approximate surface area is 167 Å². The molecule has 0 bridgehead atoms. The van der Waals surface area contributed by atoms with E-state index >= 15 is 0 Å². The van der Waals surface area contributed by atoms with E-state index < -0.39 is 0 Å². The maximum absolute atomic E-state index is 13.3. The van der Waals surface area contributed by atoms with E-state index in [1.807, 2.05) is 53.7 Å². The first-order valence-corrected chi connectivity index (χ1v) is 10.6. The second-order valence-electron chi connectivity index (χ2n) is 7.29. The van der Waals surface area contributed by atoms with E-state index in [4.69, 9.17) is 4.98 Å². The smallest absolute Gasteiger partial charge is 0.225 e. The Balaban J connectivity index is 1.40. The second-order valence-corrected chi connectivity index (χ2v) is 8.07.